The first-order valence-corrected chi connectivity index (χ1v) is 12.0. The van der Waals surface area contributed by atoms with Gasteiger partial charge in [-0.15, -0.1) is 0 Å². The molecule has 10 heteroatoms. The number of carbonyl (C=O) groups excluding carboxylic acids is 2. The number of ketones is 1. The van der Waals surface area contributed by atoms with Gasteiger partial charge in [0, 0.05) is 29.5 Å². The van der Waals surface area contributed by atoms with E-state index in [4.69, 9.17) is 0 Å². The number of benzene rings is 2. The van der Waals surface area contributed by atoms with Crippen molar-refractivity contribution in [2.45, 2.75) is 36.6 Å². The van der Waals surface area contributed by atoms with Crippen LogP contribution in [0.15, 0.2) is 58.6 Å². The van der Waals surface area contributed by atoms with Crippen LogP contribution >= 0.6 is 0 Å². The number of nitrogens with one attached hydrogen (secondary N) is 1. The third kappa shape index (κ3) is 4.12. The maximum Gasteiger partial charge on any atom is 0.327 e. The highest BCUT2D eigenvalue weighted by Gasteiger charge is 2.41. The van der Waals surface area contributed by atoms with E-state index in [-0.39, 0.29) is 45.1 Å². The molecule has 1 aliphatic heterocycles. The van der Waals surface area contributed by atoms with E-state index in [0.717, 1.165) is 6.26 Å². The third-order valence-electron chi connectivity index (χ3n) is 5.69. The van der Waals surface area contributed by atoms with Crippen molar-refractivity contribution in [3.8, 4) is 6.07 Å². The molecule has 4 rings (SSSR count). The molecule has 1 N–H and O–H groups in total. The second kappa shape index (κ2) is 8.41. The van der Waals surface area contributed by atoms with Gasteiger partial charge >= 0.3 is 6.03 Å². The fraction of sp³-hybridized carbons (Fsp3) is 0.261. The smallest absolute Gasteiger partial charge is 0.326 e. The van der Waals surface area contributed by atoms with E-state index in [2.05, 4.69) is 5.32 Å². The summed E-state index contributed by atoms with van der Waals surface area (Å²) in [7, 11) is -3.80. The lowest BCUT2D eigenvalue weighted by atomic mass is 9.84. The van der Waals surface area contributed by atoms with Crippen molar-refractivity contribution in [3.63, 3.8) is 0 Å². The van der Waals surface area contributed by atoms with E-state index in [9.17, 15) is 32.0 Å². The van der Waals surface area contributed by atoms with E-state index >= 15 is 0 Å². The van der Waals surface area contributed by atoms with Crippen LogP contribution in [0.5, 0.6) is 0 Å². The first-order valence-electron chi connectivity index (χ1n) is 10.1. The summed E-state index contributed by atoms with van der Waals surface area (Å²) in [5.41, 5.74) is 0.796. The highest BCUT2D eigenvalue weighted by Crippen LogP contribution is 2.41. The fourth-order valence-electron chi connectivity index (χ4n) is 4.26. The van der Waals surface area contributed by atoms with Gasteiger partial charge < -0.3 is 5.32 Å². The lowest BCUT2D eigenvalue weighted by molar-refractivity contribution is -0.116. The van der Waals surface area contributed by atoms with Crippen LogP contribution < -0.4 is 10.2 Å². The maximum atomic E-state index is 13.2. The SMILES string of the molecule is CS(=O)(=O)c1cc(C#N)ccc1C1NC(=O)N(c2cccc(C(F)F)c2)C2=C1C(=O)CCC2. The maximum absolute atomic E-state index is 13.2. The molecule has 7 nitrogen and oxygen atoms in total. The first-order chi connectivity index (χ1) is 15.6. The zero-order valence-electron chi connectivity index (χ0n) is 17.5. The number of carbonyl (C=O) groups is 2. The fourth-order valence-corrected chi connectivity index (χ4v) is 5.21. The van der Waals surface area contributed by atoms with E-state index in [0.29, 0.717) is 18.5 Å². The molecule has 1 unspecified atom stereocenters. The Morgan fingerprint density at radius 1 is 1.15 bits per heavy atom. The molecule has 1 aliphatic carbocycles. The molecule has 0 fully saturated rings. The van der Waals surface area contributed by atoms with Crippen molar-refractivity contribution < 1.29 is 26.8 Å². The van der Waals surface area contributed by atoms with Gasteiger partial charge in [-0.05, 0) is 42.7 Å². The molecule has 0 radical (unpaired) electrons. The van der Waals surface area contributed by atoms with Crippen LogP contribution in [0.4, 0.5) is 19.3 Å². The van der Waals surface area contributed by atoms with Crippen LogP contribution in [-0.2, 0) is 14.6 Å². The van der Waals surface area contributed by atoms with Crippen LogP contribution in [0.25, 0.3) is 0 Å². The largest absolute Gasteiger partial charge is 0.327 e. The van der Waals surface area contributed by atoms with Crippen molar-refractivity contribution >= 4 is 27.3 Å². The molecule has 33 heavy (non-hydrogen) atoms. The second-order valence-electron chi connectivity index (χ2n) is 7.89. The zero-order chi connectivity index (χ0) is 23.9. The minimum absolute atomic E-state index is 0.121. The normalized spacial score (nSPS) is 18.8. The quantitative estimate of drug-likeness (QED) is 0.720. The van der Waals surface area contributed by atoms with Gasteiger partial charge in [-0.3, -0.25) is 9.69 Å². The number of hydrogen-bond donors (Lipinski definition) is 1. The molecule has 1 heterocycles. The number of amides is 2. The van der Waals surface area contributed by atoms with Gasteiger partial charge in [-0.25, -0.2) is 22.0 Å². The zero-order valence-corrected chi connectivity index (χ0v) is 18.3. The summed E-state index contributed by atoms with van der Waals surface area (Å²) in [5.74, 6) is -0.264. The van der Waals surface area contributed by atoms with Crippen LogP contribution in [0, 0.1) is 11.3 Å². The Labute approximate surface area is 189 Å². The number of nitriles is 1. The number of hydrogen-bond acceptors (Lipinski definition) is 5. The monoisotopic (exact) mass is 471 g/mol. The van der Waals surface area contributed by atoms with E-state index in [1.165, 1.54) is 47.4 Å². The second-order valence-corrected chi connectivity index (χ2v) is 9.87. The number of rotatable bonds is 4. The number of nitrogens with zero attached hydrogens (tertiary/aromatic N) is 2. The predicted molar refractivity (Wildman–Crippen MR) is 115 cm³/mol. The minimum atomic E-state index is -3.80. The Bertz CT molecular complexity index is 1350. The molecular formula is C23H19F2N3O4S. The lowest BCUT2D eigenvalue weighted by Gasteiger charge is -2.39. The van der Waals surface area contributed by atoms with Gasteiger partial charge in [0.15, 0.2) is 15.6 Å². The van der Waals surface area contributed by atoms with Crippen molar-refractivity contribution in [2.24, 2.45) is 0 Å². The Balaban J connectivity index is 1.92. The summed E-state index contributed by atoms with van der Waals surface area (Å²) in [6.07, 6.45) is -0.732. The molecule has 0 saturated carbocycles. The van der Waals surface area contributed by atoms with Crippen LogP contribution in [0.2, 0.25) is 0 Å². The predicted octanol–water partition coefficient (Wildman–Crippen LogP) is 4.18. The van der Waals surface area contributed by atoms with Crippen LogP contribution in [-0.4, -0.2) is 26.5 Å². The molecule has 2 aromatic carbocycles. The molecule has 2 amide bonds. The van der Waals surface area contributed by atoms with Gasteiger partial charge in [0.1, 0.15) is 0 Å². The number of sulfone groups is 1. The highest BCUT2D eigenvalue weighted by molar-refractivity contribution is 7.90. The first kappa shape index (κ1) is 22.6. The van der Waals surface area contributed by atoms with Gasteiger partial charge in [-0.2, -0.15) is 5.26 Å². The van der Waals surface area contributed by atoms with Crippen LogP contribution in [0.3, 0.4) is 0 Å². The molecule has 0 spiro atoms. The number of anilines is 1. The molecule has 0 bridgehead atoms. The molecule has 170 valence electrons. The molecule has 1 atom stereocenters. The molecule has 2 aliphatic rings. The van der Waals surface area contributed by atoms with Gasteiger partial charge in [0.05, 0.1) is 28.3 Å². The summed E-state index contributed by atoms with van der Waals surface area (Å²) in [5, 5.41) is 11.9. The van der Waals surface area contributed by atoms with Crippen molar-refractivity contribution in [1.29, 1.82) is 5.26 Å². The average Bonchev–Trinajstić information content (AvgIpc) is 2.77. The Hall–Kier alpha value is -3.58. The topological polar surface area (TPSA) is 107 Å². The molecule has 2 aromatic rings. The number of allylic oxidation sites excluding steroid dienone is 1. The van der Waals surface area contributed by atoms with Gasteiger partial charge in [-0.1, -0.05) is 18.2 Å². The van der Waals surface area contributed by atoms with Crippen molar-refractivity contribution in [1.82, 2.24) is 5.32 Å². The number of urea groups is 1. The Morgan fingerprint density at radius 2 is 1.91 bits per heavy atom. The lowest BCUT2D eigenvalue weighted by Crippen LogP contribution is -2.49. The molecule has 0 saturated heterocycles. The third-order valence-corrected chi connectivity index (χ3v) is 6.84. The van der Waals surface area contributed by atoms with Gasteiger partial charge in [0.2, 0.25) is 0 Å². The molecule has 0 aromatic heterocycles. The van der Waals surface area contributed by atoms with E-state index < -0.39 is 28.3 Å². The number of halogens is 2. The highest BCUT2D eigenvalue weighted by atomic mass is 32.2. The number of alkyl halides is 2. The minimum Gasteiger partial charge on any atom is -0.326 e. The summed E-state index contributed by atoms with van der Waals surface area (Å²) in [6.45, 7) is 0. The number of Topliss-reactive ketones (excluding diaryl/α,β-unsaturated/α-hetero) is 1. The van der Waals surface area contributed by atoms with Gasteiger partial charge in [0.25, 0.3) is 6.43 Å². The van der Waals surface area contributed by atoms with E-state index in [1.54, 1.807) is 0 Å². The van der Waals surface area contributed by atoms with E-state index in [1.807, 2.05) is 6.07 Å². The van der Waals surface area contributed by atoms with Crippen LogP contribution in [0.1, 0.15) is 48.4 Å². The average molecular weight is 471 g/mol. The molecular weight excluding hydrogens is 452 g/mol. The summed E-state index contributed by atoms with van der Waals surface area (Å²) in [6, 6.07) is 9.56. The van der Waals surface area contributed by atoms with Crippen molar-refractivity contribution in [3.05, 3.63) is 70.4 Å². The summed E-state index contributed by atoms with van der Waals surface area (Å²) >= 11 is 0. The standard InChI is InChI=1S/C23H19F2N3O4S/c1-33(31,32)19-10-13(12-26)8-9-16(19)21-20-17(6-3-7-18(20)29)28(23(30)27-21)15-5-2-4-14(11-15)22(24)25/h2,4-5,8-11,21-22H,3,6-7H2,1H3,(H,27,30). The van der Waals surface area contributed by atoms with Crippen molar-refractivity contribution in [2.75, 3.05) is 11.2 Å². The Morgan fingerprint density at radius 3 is 2.58 bits per heavy atom. The summed E-state index contributed by atoms with van der Waals surface area (Å²) < 4.78 is 51.4. The Kier molecular flexibility index (Phi) is 5.76. The summed E-state index contributed by atoms with van der Waals surface area (Å²) in [4.78, 5) is 27.2.